The van der Waals surface area contributed by atoms with Crippen LogP contribution in [0.25, 0.3) is 16.7 Å². The van der Waals surface area contributed by atoms with Gasteiger partial charge in [-0.3, -0.25) is 19.0 Å². The maximum atomic E-state index is 13.3. The second-order valence-corrected chi connectivity index (χ2v) is 7.27. The lowest BCUT2D eigenvalue weighted by atomic mass is 10.2. The minimum absolute atomic E-state index is 0.0471. The Morgan fingerprint density at radius 3 is 2.15 bits per heavy atom. The average Bonchev–Trinajstić information content (AvgIpc) is 2.79. The smallest absolute Gasteiger partial charge is 0.326 e. The Hall–Kier alpha value is -4.60. The molecule has 166 valence electrons. The second kappa shape index (κ2) is 8.50. The van der Waals surface area contributed by atoms with Gasteiger partial charge in [0, 0.05) is 31.5 Å². The minimum atomic E-state index is -0.650. The second-order valence-electron chi connectivity index (χ2n) is 7.27. The Morgan fingerprint density at radius 1 is 0.939 bits per heavy atom. The van der Waals surface area contributed by atoms with Crippen molar-refractivity contribution in [1.82, 2.24) is 14.1 Å². The molecular weight excluding hydrogens is 429 g/mol. The van der Waals surface area contributed by atoms with Crippen LogP contribution in [0.2, 0.25) is 0 Å². The van der Waals surface area contributed by atoms with E-state index in [-0.39, 0.29) is 22.5 Å². The van der Waals surface area contributed by atoms with Crippen LogP contribution in [0, 0.1) is 5.82 Å². The summed E-state index contributed by atoms with van der Waals surface area (Å²) in [5.74, 6) is -1.20. The zero-order chi connectivity index (χ0) is 23.7. The number of halogens is 1. The van der Waals surface area contributed by atoms with Gasteiger partial charge in [0.15, 0.2) is 5.65 Å². The normalized spacial score (nSPS) is 10.8. The topological polar surface area (TPSA) is 115 Å². The van der Waals surface area contributed by atoms with Crippen molar-refractivity contribution in [2.24, 2.45) is 7.05 Å². The van der Waals surface area contributed by atoms with Gasteiger partial charge >= 0.3 is 5.69 Å². The van der Waals surface area contributed by atoms with Gasteiger partial charge < -0.3 is 10.6 Å². The Labute approximate surface area is 186 Å². The van der Waals surface area contributed by atoms with E-state index in [4.69, 9.17) is 0 Å². The summed E-state index contributed by atoms with van der Waals surface area (Å²) in [5, 5.41) is 5.37. The van der Waals surface area contributed by atoms with E-state index in [0.717, 1.165) is 4.57 Å². The number of fused-ring (bicyclic) bond motifs is 1. The third-order valence-corrected chi connectivity index (χ3v) is 4.90. The van der Waals surface area contributed by atoms with Crippen LogP contribution >= 0.6 is 0 Å². The number of carbonyl (C=O) groups is 2. The van der Waals surface area contributed by atoms with Gasteiger partial charge in [-0.15, -0.1) is 0 Å². The summed E-state index contributed by atoms with van der Waals surface area (Å²) < 4.78 is 15.4. The number of rotatable bonds is 4. The van der Waals surface area contributed by atoms with Crippen LogP contribution in [-0.2, 0) is 11.8 Å². The Balaban J connectivity index is 1.73. The molecule has 0 atom stereocenters. The fourth-order valence-corrected chi connectivity index (χ4v) is 3.29. The van der Waals surface area contributed by atoms with Crippen LogP contribution in [0.4, 0.5) is 15.8 Å². The lowest BCUT2D eigenvalue weighted by molar-refractivity contribution is -0.114. The molecule has 9 nitrogen and oxygen atoms in total. The Morgan fingerprint density at radius 2 is 1.55 bits per heavy atom. The van der Waals surface area contributed by atoms with Crippen molar-refractivity contribution in [2.75, 3.05) is 10.6 Å². The van der Waals surface area contributed by atoms with Gasteiger partial charge in [-0.2, -0.15) is 0 Å². The minimum Gasteiger partial charge on any atom is -0.326 e. The summed E-state index contributed by atoms with van der Waals surface area (Å²) in [4.78, 5) is 53.5. The molecule has 0 aliphatic rings. The van der Waals surface area contributed by atoms with Crippen molar-refractivity contribution in [2.45, 2.75) is 6.92 Å². The molecule has 0 saturated carbocycles. The van der Waals surface area contributed by atoms with Crippen LogP contribution in [0.1, 0.15) is 17.3 Å². The first-order valence-electron chi connectivity index (χ1n) is 9.81. The van der Waals surface area contributed by atoms with Gasteiger partial charge in [0.25, 0.3) is 11.5 Å². The molecule has 10 heteroatoms. The van der Waals surface area contributed by atoms with Crippen molar-refractivity contribution in [1.29, 1.82) is 0 Å². The first-order chi connectivity index (χ1) is 15.7. The predicted octanol–water partition coefficient (Wildman–Crippen LogP) is 2.43. The van der Waals surface area contributed by atoms with Gasteiger partial charge in [0.1, 0.15) is 5.82 Å². The van der Waals surface area contributed by atoms with Gasteiger partial charge in [0.2, 0.25) is 5.91 Å². The Kier molecular flexibility index (Phi) is 5.57. The molecule has 0 fully saturated rings. The third-order valence-electron chi connectivity index (χ3n) is 4.90. The van der Waals surface area contributed by atoms with E-state index in [1.807, 2.05) is 0 Å². The highest BCUT2D eigenvalue weighted by molar-refractivity contribution is 6.05. The Bertz CT molecular complexity index is 1510. The fraction of sp³-hybridized carbons (Fsp3) is 0.0870. The number of pyridine rings is 1. The zero-order valence-electron chi connectivity index (χ0n) is 17.6. The molecule has 33 heavy (non-hydrogen) atoms. The molecule has 4 aromatic rings. The summed E-state index contributed by atoms with van der Waals surface area (Å²) in [5.41, 5.74) is 0.262. The summed E-state index contributed by atoms with van der Waals surface area (Å²) in [6.45, 7) is 1.39. The average molecular weight is 447 g/mol. The van der Waals surface area contributed by atoms with Crippen LogP contribution in [0.3, 0.4) is 0 Å². The molecule has 0 saturated heterocycles. The summed E-state index contributed by atoms with van der Waals surface area (Å²) >= 11 is 0. The van der Waals surface area contributed by atoms with E-state index in [1.165, 1.54) is 55.1 Å². The van der Waals surface area contributed by atoms with E-state index in [9.17, 15) is 23.6 Å². The highest BCUT2D eigenvalue weighted by Gasteiger charge is 2.16. The maximum absolute atomic E-state index is 13.3. The number of nitrogens with one attached hydrogen (secondary N) is 2. The number of amides is 2. The first kappa shape index (κ1) is 21.6. The number of hydrogen-bond acceptors (Lipinski definition) is 5. The van der Waals surface area contributed by atoms with E-state index in [2.05, 4.69) is 15.6 Å². The number of aromatic nitrogens is 3. The molecule has 0 aliphatic heterocycles. The molecule has 2 amide bonds. The van der Waals surface area contributed by atoms with Gasteiger partial charge in [-0.1, -0.05) is 0 Å². The fourth-order valence-electron chi connectivity index (χ4n) is 3.29. The number of carbonyl (C=O) groups excluding carboxylic acids is 2. The highest BCUT2D eigenvalue weighted by atomic mass is 19.1. The molecule has 2 heterocycles. The predicted molar refractivity (Wildman–Crippen MR) is 121 cm³/mol. The molecular formula is C23H18FN5O4. The van der Waals surface area contributed by atoms with E-state index in [1.54, 1.807) is 24.3 Å². The SMILES string of the molecule is CC(=O)Nc1ccc(NC(=O)c2cnc3c(c2)c(=O)n(C)c(=O)n3-c2ccc(F)cc2)cc1. The zero-order valence-corrected chi connectivity index (χ0v) is 17.6. The standard InChI is InChI=1S/C23H18FN5O4/c1-13(30)26-16-5-7-17(8-6-16)27-21(31)14-11-19-20(25-12-14)29(23(33)28(2)22(19)32)18-9-3-15(24)4-10-18/h3-12H,1-2H3,(H,26,30)(H,27,31). The van der Waals surface area contributed by atoms with E-state index in [0.29, 0.717) is 17.1 Å². The van der Waals surface area contributed by atoms with Crippen molar-refractivity contribution in [3.63, 3.8) is 0 Å². The number of hydrogen-bond donors (Lipinski definition) is 2. The third kappa shape index (κ3) is 4.26. The van der Waals surface area contributed by atoms with Crippen LogP contribution in [0.5, 0.6) is 0 Å². The number of benzene rings is 2. The van der Waals surface area contributed by atoms with Gasteiger partial charge in [0.05, 0.1) is 16.6 Å². The van der Waals surface area contributed by atoms with Gasteiger partial charge in [-0.25, -0.2) is 18.7 Å². The molecule has 0 unspecified atom stereocenters. The molecule has 2 N–H and O–H groups in total. The van der Waals surface area contributed by atoms with Gasteiger partial charge in [-0.05, 0) is 54.6 Å². The number of nitrogens with zero attached hydrogens (tertiary/aromatic N) is 3. The van der Waals surface area contributed by atoms with Crippen molar-refractivity contribution >= 4 is 34.2 Å². The van der Waals surface area contributed by atoms with Crippen molar-refractivity contribution < 1.29 is 14.0 Å². The summed E-state index contributed by atoms with van der Waals surface area (Å²) in [6, 6.07) is 13.0. The maximum Gasteiger partial charge on any atom is 0.337 e. The first-order valence-corrected chi connectivity index (χ1v) is 9.81. The van der Waals surface area contributed by atoms with Crippen LogP contribution < -0.4 is 21.9 Å². The quantitative estimate of drug-likeness (QED) is 0.499. The summed E-state index contributed by atoms with van der Waals surface area (Å²) in [7, 11) is 1.31. The molecule has 0 radical (unpaired) electrons. The van der Waals surface area contributed by atoms with Crippen LogP contribution in [-0.4, -0.2) is 25.9 Å². The largest absolute Gasteiger partial charge is 0.337 e. The van der Waals surface area contributed by atoms with Crippen molar-refractivity contribution in [3.05, 3.63) is 93.0 Å². The van der Waals surface area contributed by atoms with Crippen molar-refractivity contribution in [3.8, 4) is 5.69 Å². The van der Waals surface area contributed by atoms with E-state index >= 15 is 0 Å². The molecule has 2 aromatic heterocycles. The molecule has 0 aliphatic carbocycles. The molecule has 4 rings (SSSR count). The monoisotopic (exact) mass is 447 g/mol. The lowest BCUT2D eigenvalue weighted by Crippen LogP contribution is -2.38. The molecule has 2 aromatic carbocycles. The molecule has 0 spiro atoms. The summed E-state index contributed by atoms with van der Waals surface area (Å²) in [6.07, 6.45) is 1.25. The van der Waals surface area contributed by atoms with E-state index < -0.39 is 23.0 Å². The van der Waals surface area contributed by atoms with Crippen LogP contribution in [0.15, 0.2) is 70.4 Å². The molecule has 0 bridgehead atoms. The number of anilines is 2. The lowest BCUT2D eigenvalue weighted by Gasteiger charge is -2.12. The highest BCUT2D eigenvalue weighted by Crippen LogP contribution is 2.17.